The first kappa shape index (κ1) is 19.5. The number of aromatic nitrogens is 3. The van der Waals surface area contributed by atoms with Crippen LogP contribution in [0.15, 0.2) is 71.8 Å². The van der Waals surface area contributed by atoms with E-state index in [0.29, 0.717) is 5.69 Å². The maximum atomic E-state index is 12.6. The first-order chi connectivity index (χ1) is 13.5. The molecular weight excluding hydrogens is 352 g/mol. The van der Waals surface area contributed by atoms with E-state index in [1.165, 1.54) is 16.3 Å². The molecule has 0 aliphatic heterocycles. The third-order valence-corrected chi connectivity index (χ3v) is 4.63. The molecule has 6 heteroatoms. The molecule has 3 rings (SSSR count). The first-order valence-electron chi connectivity index (χ1n) is 9.39. The van der Waals surface area contributed by atoms with Crippen LogP contribution in [0.1, 0.15) is 31.9 Å². The lowest BCUT2D eigenvalue weighted by atomic mass is 10.1. The molecule has 1 N–H and O–H groups in total. The highest BCUT2D eigenvalue weighted by molar-refractivity contribution is 5.80. The summed E-state index contributed by atoms with van der Waals surface area (Å²) in [5, 5.41) is 7.35. The van der Waals surface area contributed by atoms with Crippen LogP contribution in [0.2, 0.25) is 0 Å². The molecule has 144 valence electrons. The van der Waals surface area contributed by atoms with E-state index in [4.69, 9.17) is 0 Å². The van der Waals surface area contributed by atoms with Crippen molar-refractivity contribution in [3.05, 3.63) is 82.9 Å². The zero-order valence-corrected chi connectivity index (χ0v) is 16.1. The molecule has 2 atom stereocenters. The Morgan fingerprint density at radius 2 is 1.86 bits per heavy atom. The summed E-state index contributed by atoms with van der Waals surface area (Å²) in [4.78, 5) is 29.0. The van der Waals surface area contributed by atoms with Crippen LogP contribution < -0.4 is 10.9 Å². The summed E-state index contributed by atoms with van der Waals surface area (Å²) in [5.74, 6) is -0.224. The number of aryl methyl sites for hydroxylation is 1. The molecule has 0 bridgehead atoms. The van der Waals surface area contributed by atoms with Gasteiger partial charge in [-0.25, -0.2) is 4.68 Å². The summed E-state index contributed by atoms with van der Waals surface area (Å²) >= 11 is 0. The summed E-state index contributed by atoms with van der Waals surface area (Å²) in [6.45, 7) is 3.65. The predicted octanol–water partition coefficient (Wildman–Crippen LogP) is 3.00. The van der Waals surface area contributed by atoms with Crippen LogP contribution in [0, 0.1) is 0 Å². The van der Waals surface area contributed by atoms with Crippen LogP contribution in [-0.2, 0) is 11.2 Å². The quantitative estimate of drug-likeness (QED) is 0.688. The minimum atomic E-state index is -0.705. The second kappa shape index (κ2) is 9.08. The van der Waals surface area contributed by atoms with E-state index in [2.05, 4.69) is 27.5 Å². The fourth-order valence-corrected chi connectivity index (χ4v) is 2.95. The van der Waals surface area contributed by atoms with Crippen molar-refractivity contribution in [1.82, 2.24) is 20.1 Å². The molecule has 6 nitrogen and oxygen atoms in total. The number of amides is 1. The van der Waals surface area contributed by atoms with Crippen molar-refractivity contribution < 1.29 is 4.79 Å². The van der Waals surface area contributed by atoms with Gasteiger partial charge in [0.05, 0.1) is 5.69 Å². The molecule has 2 unspecified atom stereocenters. The van der Waals surface area contributed by atoms with Gasteiger partial charge in [-0.3, -0.25) is 14.6 Å². The van der Waals surface area contributed by atoms with Crippen molar-refractivity contribution in [2.75, 3.05) is 0 Å². The maximum absolute atomic E-state index is 12.6. The number of carbonyl (C=O) groups excluding carboxylic acids is 1. The Bertz CT molecular complexity index is 971. The lowest BCUT2D eigenvalue weighted by Gasteiger charge is -2.19. The highest BCUT2D eigenvalue weighted by Gasteiger charge is 2.19. The van der Waals surface area contributed by atoms with Crippen LogP contribution in [0.4, 0.5) is 0 Å². The molecular formula is C22H24N4O2. The number of hydrogen-bond donors (Lipinski definition) is 1. The largest absolute Gasteiger partial charge is 0.352 e. The zero-order valence-electron chi connectivity index (χ0n) is 16.1. The number of nitrogens with one attached hydrogen (secondary N) is 1. The average Bonchev–Trinajstić information content (AvgIpc) is 2.73. The van der Waals surface area contributed by atoms with Crippen molar-refractivity contribution in [3.8, 4) is 11.3 Å². The SMILES string of the molecule is CC(CCc1ccccc1)NC(=O)C(C)n1nc(-c2cccnc2)ccc1=O. The Kier molecular flexibility index (Phi) is 6.32. The van der Waals surface area contributed by atoms with E-state index in [1.807, 2.05) is 31.2 Å². The topological polar surface area (TPSA) is 76.9 Å². The predicted molar refractivity (Wildman–Crippen MR) is 109 cm³/mol. The molecule has 0 saturated carbocycles. The van der Waals surface area contributed by atoms with Crippen molar-refractivity contribution in [2.45, 2.75) is 38.8 Å². The summed E-state index contributed by atoms with van der Waals surface area (Å²) in [6.07, 6.45) is 5.05. The second-order valence-corrected chi connectivity index (χ2v) is 6.85. The van der Waals surface area contributed by atoms with Gasteiger partial charge in [0.25, 0.3) is 5.56 Å². The number of benzene rings is 1. The van der Waals surface area contributed by atoms with Crippen molar-refractivity contribution in [2.24, 2.45) is 0 Å². The molecule has 0 aliphatic rings. The van der Waals surface area contributed by atoms with Crippen molar-refractivity contribution >= 4 is 5.91 Å². The lowest BCUT2D eigenvalue weighted by Crippen LogP contribution is -2.41. The van der Waals surface area contributed by atoms with Gasteiger partial charge in [-0.15, -0.1) is 0 Å². The second-order valence-electron chi connectivity index (χ2n) is 6.85. The summed E-state index contributed by atoms with van der Waals surface area (Å²) < 4.78 is 1.22. The Morgan fingerprint density at radius 3 is 2.57 bits per heavy atom. The molecule has 0 spiro atoms. The number of nitrogens with zero attached hydrogens (tertiary/aromatic N) is 3. The van der Waals surface area contributed by atoms with E-state index in [0.717, 1.165) is 18.4 Å². The molecule has 2 aromatic heterocycles. The smallest absolute Gasteiger partial charge is 0.267 e. The summed E-state index contributed by atoms with van der Waals surface area (Å²) in [5.41, 5.74) is 2.32. The average molecular weight is 376 g/mol. The van der Waals surface area contributed by atoms with E-state index >= 15 is 0 Å². The van der Waals surface area contributed by atoms with Gasteiger partial charge in [0.2, 0.25) is 5.91 Å². The molecule has 0 aliphatic carbocycles. The van der Waals surface area contributed by atoms with Crippen LogP contribution in [0.5, 0.6) is 0 Å². The molecule has 28 heavy (non-hydrogen) atoms. The first-order valence-corrected chi connectivity index (χ1v) is 9.39. The van der Waals surface area contributed by atoms with Gasteiger partial charge in [-0.05, 0) is 50.5 Å². The van der Waals surface area contributed by atoms with Gasteiger partial charge in [0, 0.05) is 30.1 Å². The highest BCUT2D eigenvalue weighted by atomic mass is 16.2. The zero-order chi connectivity index (χ0) is 19.9. The minimum Gasteiger partial charge on any atom is -0.352 e. The lowest BCUT2D eigenvalue weighted by molar-refractivity contribution is -0.124. The van der Waals surface area contributed by atoms with Crippen molar-refractivity contribution in [3.63, 3.8) is 0 Å². The van der Waals surface area contributed by atoms with Gasteiger partial charge in [0.1, 0.15) is 6.04 Å². The van der Waals surface area contributed by atoms with E-state index in [-0.39, 0.29) is 17.5 Å². The summed E-state index contributed by atoms with van der Waals surface area (Å²) in [7, 11) is 0. The molecule has 1 amide bonds. The standard InChI is InChI=1S/C22H24N4O2/c1-16(10-11-18-7-4-3-5-8-18)24-22(28)17(2)26-21(27)13-12-20(25-26)19-9-6-14-23-15-19/h3-9,12-17H,10-11H2,1-2H3,(H,24,28). The van der Waals surface area contributed by atoms with Crippen LogP contribution in [0.3, 0.4) is 0 Å². The third-order valence-electron chi connectivity index (χ3n) is 4.63. The van der Waals surface area contributed by atoms with E-state index in [1.54, 1.807) is 31.5 Å². The maximum Gasteiger partial charge on any atom is 0.267 e. The third kappa shape index (κ3) is 4.91. The molecule has 0 fully saturated rings. The van der Waals surface area contributed by atoms with E-state index < -0.39 is 6.04 Å². The monoisotopic (exact) mass is 376 g/mol. The number of pyridine rings is 1. The van der Waals surface area contributed by atoms with Crippen LogP contribution in [-0.4, -0.2) is 26.7 Å². The van der Waals surface area contributed by atoms with Crippen molar-refractivity contribution in [1.29, 1.82) is 0 Å². The Balaban J connectivity index is 1.66. The fourth-order valence-electron chi connectivity index (χ4n) is 2.95. The van der Waals surface area contributed by atoms with Gasteiger partial charge in [-0.1, -0.05) is 30.3 Å². The fraction of sp³-hybridized carbons (Fsp3) is 0.273. The number of rotatable bonds is 7. The Morgan fingerprint density at radius 1 is 1.07 bits per heavy atom. The van der Waals surface area contributed by atoms with E-state index in [9.17, 15) is 9.59 Å². The van der Waals surface area contributed by atoms with Gasteiger partial charge in [0.15, 0.2) is 0 Å². The Labute approximate surface area is 164 Å². The number of hydrogen-bond acceptors (Lipinski definition) is 4. The molecule has 3 aromatic rings. The van der Waals surface area contributed by atoms with Gasteiger partial charge in [-0.2, -0.15) is 5.10 Å². The minimum absolute atomic E-state index is 0.00707. The van der Waals surface area contributed by atoms with Gasteiger partial charge >= 0.3 is 0 Å². The molecule has 1 aromatic carbocycles. The number of carbonyl (C=O) groups is 1. The highest BCUT2D eigenvalue weighted by Crippen LogP contribution is 2.14. The normalized spacial score (nSPS) is 12.9. The van der Waals surface area contributed by atoms with Gasteiger partial charge < -0.3 is 5.32 Å². The summed E-state index contributed by atoms with van der Waals surface area (Å²) in [6, 6.07) is 16.2. The molecule has 0 saturated heterocycles. The Hall–Kier alpha value is -3.28. The molecule has 2 heterocycles. The molecule has 0 radical (unpaired) electrons. The van der Waals surface area contributed by atoms with Crippen LogP contribution in [0.25, 0.3) is 11.3 Å². The van der Waals surface area contributed by atoms with Crippen LogP contribution >= 0.6 is 0 Å².